The Balaban J connectivity index is 1.30. The fraction of sp³-hybridized carbons (Fsp3) is 0.269. The molecule has 0 amide bonds. The van der Waals surface area contributed by atoms with Gasteiger partial charge in [0.25, 0.3) is 0 Å². The van der Waals surface area contributed by atoms with E-state index in [0.29, 0.717) is 16.3 Å². The van der Waals surface area contributed by atoms with Crippen LogP contribution in [0.5, 0.6) is 5.75 Å². The molecule has 154 valence electrons. The smallest absolute Gasteiger partial charge is 0.343 e. The summed E-state index contributed by atoms with van der Waals surface area (Å²) in [7, 11) is 0. The zero-order valence-electron chi connectivity index (χ0n) is 16.9. The molecule has 0 spiro atoms. The molecule has 1 aliphatic rings. The summed E-state index contributed by atoms with van der Waals surface area (Å²) in [6, 6.07) is 23.5. The Kier molecular flexibility index (Phi) is 7.14. The van der Waals surface area contributed by atoms with Gasteiger partial charge in [-0.15, -0.1) is 11.8 Å². The standard InChI is InChI=1S/C26H25ClO2S/c27-23-12-14-24(15-13-23)29-26(28)22-8-6-19(7-9-22)18-30-25-16-10-21(11-17-25)20-4-2-1-3-5-20/h6-17,20H,1-5,18H2. The van der Waals surface area contributed by atoms with Crippen molar-refractivity contribution in [2.24, 2.45) is 0 Å². The van der Waals surface area contributed by atoms with E-state index in [4.69, 9.17) is 16.3 Å². The lowest BCUT2D eigenvalue weighted by Crippen LogP contribution is -2.08. The number of rotatable bonds is 6. The third-order valence-corrected chi connectivity index (χ3v) is 6.91. The van der Waals surface area contributed by atoms with Crippen molar-refractivity contribution in [2.75, 3.05) is 0 Å². The second-order valence-corrected chi connectivity index (χ2v) is 9.22. The predicted molar refractivity (Wildman–Crippen MR) is 125 cm³/mol. The SMILES string of the molecule is O=C(Oc1ccc(Cl)cc1)c1ccc(CSc2ccc(C3CCCCC3)cc2)cc1. The van der Waals surface area contributed by atoms with E-state index in [0.717, 1.165) is 11.7 Å². The van der Waals surface area contributed by atoms with Gasteiger partial charge < -0.3 is 4.74 Å². The van der Waals surface area contributed by atoms with Crippen LogP contribution in [-0.2, 0) is 5.75 Å². The second-order valence-electron chi connectivity index (χ2n) is 7.73. The monoisotopic (exact) mass is 436 g/mol. The summed E-state index contributed by atoms with van der Waals surface area (Å²) in [6.07, 6.45) is 6.79. The summed E-state index contributed by atoms with van der Waals surface area (Å²) < 4.78 is 5.38. The molecule has 0 atom stereocenters. The van der Waals surface area contributed by atoms with Crippen molar-refractivity contribution in [3.8, 4) is 5.75 Å². The first-order chi connectivity index (χ1) is 14.7. The Morgan fingerprint density at radius 1 is 0.867 bits per heavy atom. The van der Waals surface area contributed by atoms with Crippen LogP contribution in [0.25, 0.3) is 0 Å². The molecule has 0 aliphatic heterocycles. The number of thioether (sulfide) groups is 1. The molecule has 0 unspecified atom stereocenters. The number of halogens is 1. The molecule has 0 radical (unpaired) electrons. The fourth-order valence-electron chi connectivity index (χ4n) is 3.84. The molecule has 3 aromatic rings. The maximum Gasteiger partial charge on any atom is 0.343 e. The number of hydrogen-bond donors (Lipinski definition) is 0. The summed E-state index contributed by atoms with van der Waals surface area (Å²) >= 11 is 7.68. The Hall–Kier alpha value is -2.23. The highest BCUT2D eigenvalue weighted by Gasteiger charge is 2.15. The topological polar surface area (TPSA) is 26.3 Å². The number of esters is 1. The number of carbonyl (C=O) groups excluding carboxylic acids is 1. The van der Waals surface area contributed by atoms with E-state index >= 15 is 0 Å². The van der Waals surface area contributed by atoms with Crippen molar-refractivity contribution in [3.63, 3.8) is 0 Å². The molecule has 0 saturated heterocycles. The van der Waals surface area contributed by atoms with E-state index in [2.05, 4.69) is 24.3 Å². The van der Waals surface area contributed by atoms with Crippen molar-refractivity contribution in [3.05, 3.63) is 94.5 Å². The summed E-state index contributed by atoms with van der Waals surface area (Å²) in [4.78, 5) is 13.6. The number of ether oxygens (including phenoxy) is 1. The van der Waals surface area contributed by atoms with E-state index in [1.807, 2.05) is 36.0 Å². The van der Waals surface area contributed by atoms with Gasteiger partial charge in [-0.2, -0.15) is 0 Å². The molecule has 4 heteroatoms. The molecule has 4 rings (SSSR count). The molecule has 0 aromatic heterocycles. The molecule has 2 nitrogen and oxygen atoms in total. The minimum absolute atomic E-state index is 0.366. The maximum atomic E-state index is 12.3. The zero-order chi connectivity index (χ0) is 20.8. The second kappa shape index (κ2) is 10.2. The summed E-state index contributed by atoms with van der Waals surface area (Å²) in [5, 5.41) is 0.611. The van der Waals surface area contributed by atoms with Crippen LogP contribution in [0.3, 0.4) is 0 Å². The van der Waals surface area contributed by atoms with Crippen molar-refractivity contribution in [1.29, 1.82) is 0 Å². The molecule has 1 fully saturated rings. The normalized spacial score (nSPS) is 14.4. The van der Waals surface area contributed by atoms with Crippen LogP contribution in [0, 0.1) is 0 Å². The minimum atomic E-state index is -0.366. The van der Waals surface area contributed by atoms with Crippen molar-refractivity contribution in [1.82, 2.24) is 0 Å². The van der Waals surface area contributed by atoms with Crippen LogP contribution in [-0.4, -0.2) is 5.97 Å². The lowest BCUT2D eigenvalue weighted by atomic mass is 9.84. The molecule has 1 aliphatic carbocycles. The third-order valence-electron chi connectivity index (χ3n) is 5.58. The highest BCUT2D eigenvalue weighted by molar-refractivity contribution is 7.98. The van der Waals surface area contributed by atoms with Gasteiger partial charge in [0.05, 0.1) is 5.56 Å². The fourth-order valence-corrected chi connectivity index (χ4v) is 4.82. The Labute approximate surface area is 187 Å². The van der Waals surface area contributed by atoms with E-state index in [1.54, 1.807) is 24.3 Å². The van der Waals surface area contributed by atoms with Crippen molar-refractivity contribution < 1.29 is 9.53 Å². The van der Waals surface area contributed by atoms with E-state index in [1.165, 1.54) is 48.1 Å². The first-order valence-electron chi connectivity index (χ1n) is 10.5. The van der Waals surface area contributed by atoms with Gasteiger partial charge in [-0.3, -0.25) is 0 Å². The van der Waals surface area contributed by atoms with Crippen LogP contribution in [0.15, 0.2) is 77.7 Å². The van der Waals surface area contributed by atoms with Crippen molar-refractivity contribution in [2.45, 2.75) is 48.7 Å². The van der Waals surface area contributed by atoms with Gasteiger partial charge >= 0.3 is 5.97 Å². The number of benzene rings is 3. The van der Waals surface area contributed by atoms with Gasteiger partial charge in [-0.05, 0) is 78.4 Å². The van der Waals surface area contributed by atoms with Gasteiger partial charge in [-0.25, -0.2) is 4.79 Å². The maximum absolute atomic E-state index is 12.3. The van der Waals surface area contributed by atoms with Crippen LogP contribution >= 0.6 is 23.4 Å². The Morgan fingerprint density at radius 3 is 2.20 bits per heavy atom. The number of carbonyl (C=O) groups is 1. The van der Waals surface area contributed by atoms with Gasteiger partial charge in [-0.1, -0.05) is 55.1 Å². The van der Waals surface area contributed by atoms with Crippen LogP contribution < -0.4 is 4.74 Å². The molecule has 1 saturated carbocycles. The highest BCUT2D eigenvalue weighted by Crippen LogP contribution is 2.33. The lowest BCUT2D eigenvalue weighted by molar-refractivity contribution is 0.0735. The average Bonchev–Trinajstić information content (AvgIpc) is 2.80. The van der Waals surface area contributed by atoms with Crippen LogP contribution in [0.2, 0.25) is 5.02 Å². The third kappa shape index (κ3) is 5.68. The lowest BCUT2D eigenvalue weighted by Gasteiger charge is -2.22. The summed E-state index contributed by atoms with van der Waals surface area (Å²) in [5.41, 5.74) is 3.21. The first kappa shape index (κ1) is 21.0. The molecular weight excluding hydrogens is 412 g/mol. The van der Waals surface area contributed by atoms with E-state index < -0.39 is 0 Å². The van der Waals surface area contributed by atoms with Gasteiger partial charge in [0.15, 0.2) is 0 Å². The quantitative estimate of drug-likeness (QED) is 0.223. The average molecular weight is 437 g/mol. The molecule has 0 N–H and O–H groups in total. The summed E-state index contributed by atoms with van der Waals surface area (Å²) in [5.74, 6) is 1.74. The highest BCUT2D eigenvalue weighted by atomic mass is 35.5. The van der Waals surface area contributed by atoms with E-state index in [9.17, 15) is 4.79 Å². The van der Waals surface area contributed by atoms with Gasteiger partial charge in [0.2, 0.25) is 0 Å². The Morgan fingerprint density at radius 2 is 1.53 bits per heavy atom. The Bertz CT molecular complexity index is 959. The number of hydrogen-bond acceptors (Lipinski definition) is 3. The molecule has 0 heterocycles. The van der Waals surface area contributed by atoms with Crippen molar-refractivity contribution >= 4 is 29.3 Å². The van der Waals surface area contributed by atoms with Gasteiger partial charge in [0.1, 0.15) is 5.75 Å². The predicted octanol–water partition coefficient (Wildman–Crippen LogP) is 7.90. The van der Waals surface area contributed by atoms with E-state index in [-0.39, 0.29) is 5.97 Å². The molecular formula is C26H25ClO2S. The zero-order valence-corrected chi connectivity index (χ0v) is 18.4. The van der Waals surface area contributed by atoms with Crippen LogP contribution in [0.1, 0.15) is 59.5 Å². The first-order valence-corrected chi connectivity index (χ1v) is 11.8. The molecule has 3 aromatic carbocycles. The molecule has 30 heavy (non-hydrogen) atoms. The molecule has 0 bridgehead atoms. The minimum Gasteiger partial charge on any atom is -0.423 e. The van der Waals surface area contributed by atoms with Gasteiger partial charge in [0, 0.05) is 15.7 Å². The van der Waals surface area contributed by atoms with Crippen LogP contribution in [0.4, 0.5) is 0 Å². The summed E-state index contributed by atoms with van der Waals surface area (Å²) in [6.45, 7) is 0. The largest absolute Gasteiger partial charge is 0.423 e.